The third kappa shape index (κ3) is 3.80. The molecule has 1 aliphatic rings. The molecule has 0 unspecified atom stereocenters. The molecule has 7 nitrogen and oxygen atoms in total. The summed E-state index contributed by atoms with van der Waals surface area (Å²) in [7, 11) is 1.49. The van der Waals surface area contributed by atoms with Crippen LogP contribution in [0.4, 0.5) is 5.69 Å². The Labute approximate surface area is 149 Å². The van der Waals surface area contributed by atoms with Crippen LogP contribution in [-0.4, -0.2) is 28.2 Å². The van der Waals surface area contributed by atoms with Crippen LogP contribution in [0.15, 0.2) is 53.1 Å². The average Bonchev–Trinajstić information content (AvgIpc) is 2.62. The quantitative estimate of drug-likeness (QED) is 0.874. The highest BCUT2D eigenvalue weighted by Crippen LogP contribution is 2.33. The molecule has 0 aliphatic carbocycles. The van der Waals surface area contributed by atoms with Gasteiger partial charge in [-0.25, -0.2) is 15.0 Å². The van der Waals surface area contributed by atoms with Crippen LogP contribution in [0.3, 0.4) is 0 Å². The number of nitrogens with one attached hydrogen (secondary N) is 1. The molecule has 8 heteroatoms. The summed E-state index contributed by atoms with van der Waals surface area (Å²) >= 11 is 1.38. The molecule has 3 N–H and O–H groups in total. The van der Waals surface area contributed by atoms with Gasteiger partial charge >= 0.3 is 0 Å². The number of amides is 1. The second-order valence-electron chi connectivity index (χ2n) is 5.50. The van der Waals surface area contributed by atoms with E-state index in [1.54, 1.807) is 6.07 Å². The van der Waals surface area contributed by atoms with Gasteiger partial charge in [0, 0.05) is 5.69 Å². The van der Waals surface area contributed by atoms with Crippen molar-refractivity contribution >= 4 is 28.5 Å². The number of anilines is 1. The van der Waals surface area contributed by atoms with E-state index in [9.17, 15) is 4.79 Å². The number of aliphatic imine (C=N–C) groups is 1. The molecule has 2 aromatic rings. The maximum atomic E-state index is 12.3. The Hall–Kier alpha value is -2.87. The molecule has 0 saturated carbocycles. The van der Waals surface area contributed by atoms with E-state index in [-0.39, 0.29) is 11.6 Å². The van der Waals surface area contributed by atoms with Crippen molar-refractivity contribution in [1.29, 1.82) is 0 Å². The molecule has 0 radical (unpaired) electrons. The fourth-order valence-electron chi connectivity index (χ4n) is 2.34. The van der Waals surface area contributed by atoms with Gasteiger partial charge in [0.2, 0.25) is 5.88 Å². The van der Waals surface area contributed by atoms with Crippen LogP contribution in [0.25, 0.3) is 0 Å². The summed E-state index contributed by atoms with van der Waals surface area (Å²) in [6.45, 7) is 1.96. The second kappa shape index (κ2) is 6.94. The van der Waals surface area contributed by atoms with Crippen molar-refractivity contribution in [2.24, 2.45) is 10.7 Å². The number of rotatable bonds is 4. The van der Waals surface area contributed by atoms with Gasteiger partial charge in [0.25, 0.3) is 5.91 Å². The molecule has 1 atom stereocenters. The summed E-state index contributed by atoms with van der Waals surface area (Å²) < 4.78 is 4.93. The molecule has 128 valence electrons. The third-order valence-corrected chi connectivity index (χ3v) is 4.30. The van der Waals surface area contributed by atoms with Crippen molar-refractivity contribution in [2.45, 2.75) is 12.5 Å². The summed E-state index contributed by atoms with van der Waals surface area (Å²) in [6.07, 6.45) is 4.74. The van der Waals surface area contributed by atoms with E-state index in [0.29, 0.717) is 16.7 Å². The minimum Gasteiger partial charge on any atom is -0.480 e. The Morgan fingerprint density at radius 3 is 2.84 bits per heavy atom. The Bertz CT molecular complexity index is 850. The molecular weight excluding hydrogens is 338 g/mol. The van der Waals surface area contributed by atoms with E-state index >= 15 is 0 Å². The molecule has 3 rings (SSSR count). The molecule has 2 heterocycles. The van der Waals surface area contributed by atoms with Gasteiger partial charge in [0.15, 0.2) is 5.17 Å². The number of benzene rings is 1. The normalized spacial score (nSPS) is 19.2. The summed E-state index contributed by atoms with van der Waals surface area (Å²) in [5, 5.41) is 5.24. The van der Waals surface area contributed by atoms with Crippen LogP contribution in [0.1, 0.15) is 23.0 Å². The first-order chi connectivity index (χ1) is 12.0. The number of nitrogens with two attached hydrogens (primary N) is 1. The number of thioether (sulfide) groups is 1. The lowest BCUT2D eigenvalue weighted by Crippen LogP contribution is -2.23. The third-order valence-electron chi connectivity index (χ3n) is 3.70. The first-order valence-corrected chi connectivity index (χ1v) is 8.36. The Kier molecular flexibility index (Phi) is 4.71. The topological polar surface area (TPSA) is 102 Å². The van der Waals surface area contributed by atoms with E-state index in [1.165, 1.54) is 31.3 Å². The van der Waals surface area contributed by atoms with Crippen LogP contribution >= 0.6 is 11.8 Å². The first kappa shape index (κ1) is 17.0. The maximum absolute atomic E-state index is 12.3. The van der Waals surface area contributed by atoms with Crippen molar-refractivity contribution in [1.82, 2.24) is 9.97 Å². The number of hydrogen-bond acceptors (Lipinski definition) is 7. The predicted molar refractivity (Wildman–Crippen MR) is 98.7 cm³/mol. The molecule has 0 fully saturated rings. The molecule has 1 aliphatic heterocycles. The first-order valence-electron chi connectivity index (χ1n) is 7.48. The molecule has 1 amide bonds. The molecular formula is C17H17N5O2S. The van der Waals surface area contributed by atoms with E-state index in [2.05, 4.69) is 20.3 Å². The van der Waals surface area contributed by atoms with E-state index < -0.39 is 5.54 Å². The number of methoxy groups -OCH3 is 1. The summed E-state index contributed by atoms with van der Waals surface area (Å²) in [5.41, 5.74) is 7.04. The van der Waals surface area contributed by atoms with Crippen molar-refractivity contribution in [3.8, 4) is 5.88 Å². The maximum Gasteiger partial charge on any atom is 0.275 e. The van der Waals surface area contributed by atoms with Crippen molar-refractivity contribution in [2.75, 3.05) is 12.4 Å². The molecule has 1 aromatic heterocycles. The van der Waals surface area contributed by atoms with Crippen molar-refractivity contribution < 1.29 is 9.53 Å². The van der Waals surface area contributed by atoms with Crippen molar-refractivity contribution in [3.63, 3.8) is 0 Å². The van der Waals surface area contributed by atoms with Gasteiger partial charge in [-0.1, -0.05) is 23.9 Å². The predicted octanol–water partition coefficient (Wildman–Crippen LogP) is 2.53. The summed E-state index contributed by atoms with van der Waals surface area (Å²) in [5.74, 6) is -0.000842. The highest BCUT2D eigenvalue weighted by atomic mass is 32.2. The number of hydrogen-bond donors (Lipinski definition) is 2. The molecule has 0 saturated heterocycles. The average molecular weight is 355 g/mol. The fraction of sp³-hybridized carbons (Fsp3) is 0.176. The number of nitrogens with zero attached hydrogens (tertiary/aromatic N) is 3. The van der Waals surface area contributed by atoms with Gasteiger partial charge in [0.1, 0.15) is 11.2 Å². The zero-order valence-electron chi connectivity index (χ0n) is 13.8. The largest absolute Gasteiger partial charge is 0.480 e. The fourth-order valence-corrected chi connectivity index (χ4v) is 3.05. The van der Waals surface area contributed by atoms with Gasteiger partial charge in [-0.2, -0.15) is 0 Å². The van der Waals surface area contributed by atoms with Crippen LogP contribution in [-0.2, 0) is 5.54 Å². The number of ether oxygens (including phenoxy) is 1. The van der Waals surface area contributed by atoms with Crippen LogP contribution < -0.4 is 15.8 Å². The minimum atomic E-state index is -0.560. The Morgan fingerprint density at radius 2 is 2.16 bits per heavy atom. The van der Waals surface area contributed by atoms with Gasteiger partial charge < -0.3 is 15.8 Å². The summed E-state index contributed by atoms with van der Waals surface area (Å²) in [6, 6.07) is 7.47. The second-order valence-corrected chi connectivity index (χ2v) is 6.42. The molecule has 0 bridgehead atoms. The van der Waals surface area contributed by atoms with Crippen LogP contribution in [0, 0.1) is 0 Å². The smallest absolute Gasteiger partial charge is 0.275 e. The van der Waals surface area contributed by atoms with Gasteiger partial charge in [-0.3, -0.25) is 4.79 Å². The lowest BCUT2D eigenvalue weighted by molar-refractivity contribution is 0.102. The zero-order valence-corrected chi connectivity index (χ0v) is 14.6. The van der Waals surface area contributed by atoms with Gasteiger partial charge in [-0.15, -0.1) is 0 Å². The van der Waals surface area contributed by atoms with E-state index in [1.807, 2.05) is 36.6 Å². The molecule has 25 heavy (non-hydrogen) atoms. The number of carbonyl (C=O) groups is 1. The lowest BCUT2D eigenvalue weighted by Gasteiger charge is -2.25. The van der Waals surface area contributed by atoms with E-state index in [4.69, 9.17) is 10.5 Å². The molecule has 1 aromatic carbocycles. The molecule has 0 spiro atoms. The highest BCUT2D eigenvalue weighted by molar-refractivity contribution is 8.16. The standard InChI is InChI=1S/C17H17N5O2S/c1-17(6-7-25-16(18)22-17)11-4-3-5-12(8-11)21-15(23)13-9-20-14(24-2)10-19-13/h3-10H,1-2H3,(H2,18,22)(H,21,23)/t17-/m0/s1. The van der Waals surface area contributed by atoms with Gasteiger partial charge in [0.05, 0.1) is 19.5 Å². The monoisotopic (exact) mass is 355 g/mol. The SMILES string of the molecule is COc1cnc(C(=O)Nc2cccc([C@]3(C)C=CSC(N)=N3)c2)cn1. The highest BCUT2D eigenvalue weighted by Gasteiger charge is 2.26. The van der Waals surface area contributed by atoms with Crippen LogP contribution in [0.5, 0.6) is 5.88 Å². The Morgan fingerprint density at radius 1 is 1.32 bits per heavy atom. The van der Waals surface area contributed by atoms with Crippen LogP contribution in [0.2, 0.25) is 0 Å². The number of amidine groups is 1. The zero-order chi connectivity index (χ0) is 17.9. The Balaban J connectivity index is 1.81. The van der Waals surface area contributed by atoms with E-state index in [0.717, 1.165) is 5.56 Å². The minimum absolute atomic E-state index is 0.202. The van der Waals surface area contributed by atoms with Crippen molar-refractivity contribution in [3.05, 3.63) is 59.4 Å². The number of carbonyl (C=O) groups excluding carboxylic acids is 1. The lowest BCUT2D eigenvalue weighted by atomic mass is 9.92. The number of aromatic nitrogens is 2. The van der Waals surface area contributed by atoms with Gasteiger partial charge in [-0.05, 0) is 36.1 Å². The summed E-state index contributed by atoms with van der Waals surface area (Å²) in [4.78, 5) is 24.8.